The smallest absolute Gasteiger partial charge is 0.260 e. The van der Waals surface area contributed by atoms with Crippen molar-refractivity contribution in [2.75, 3.05) is 19.9 Å². The first-order chi connectivity index (χ1) is 10.0. The summed E-state index contributed by atoms with van der Waals surface area (Å²) >= 11 is 9.64. The molecule has 1 N–H and O–H groups in total. The molecule has 0 saturated carbocycles. The fourth-order valence-electron chi connectivity index (χ4n) is 2.60. The van der Waals surface area contributed by atoms with E-state index in [1.54, 1.807) is 6.07 Å². The molecule has 0 spiro atoms. The van der Waals surface area contributed by atoms with Crippen LogP contribution in [0.15, 0.2) is 10.5 Å². The van der Waals surface area contributed by atoms with Crippen molar-refractivity contribution < 1.29 is 19.4 Å². The summed E-state index contributed by atoms with van der Waals surface area (Å²) in [7, 11) is 0. The van der Waals surface area contributed by atoms with Gasteiger partial charge >= 0.3 is 0 Å². The number of fused-ring (bicyclic) bond motifs is 1. The van der Waals surface area contributed by atoms with Crippen molar-refractivity contribution in [1.82, 2.24) is 4.90 Å². The Morgan fingerprint density at radius 2 is 2.29 bits per heavy atom. The van der Waals surface area contributed by atoms with E-state index in [0.29, 0.717) is 36.0 Å². The third-order valence-corrected chi connectivity index (χ3v) is 5.21. The molecule has 2 heterocycles. The summed E-state index contributed by atoms with van der Waals surface area (Å²) in [5, 5.41) is 10.5. The topological polar surface area (TPSA) is 59.0 Å². The fourth-order valence-corrected chi connectivity index (χ4v) is 3.40. The van der Waals surface area contributed by atoms with E-state index in [-0.39, 0.29) is 12.6 Å². The van der Waals surface area contributed by atoms with Crippen LogP contribution in [0.1, 0.15) is 22.3 Å². The number of nitrogens with zero attached hydrogens (tertiary/aromatic N) is 1. The predicted octanol–water partition coefficient (Wildman–Crippen LogP) is 2.35. The Morgan fingerprint density at radius 3 is 3.00 bits per heavy atom. The maximum absolute atomic E-state index is 12.7. The maximum Gasteiger partial charge on any atom is 0.260 e. The average Bonchev–Trinajstić information content (AvgIpc) is 2.47. The van der Waals surface area contributed by atoms with Crippen LogP contribution < -0.4 is 4.74 Å². The Kier molecular flexibility index (Phi) is 4.14. The van der Waals surface area contributed by atoms with Crippen LogP contribution in [0.25, 0.3) is 0 Å². The van der Waals surface area contributed by atoms with E-state index in [1.165, 1.54) is 4.90 Å². The van der Waals surface area contributed by atoms with Gasteiger partial charge in [0.1, 0.15) is 0 Å². The lowest BCUT2D eigenvalue weighted by Crippen LogP contribution is -2.54. The van der Waals surface area contributed by atoms with Crippen molar-refractivity contribution >= 4 is 33.4 Å². The molecule has 0 bridgehead atoms. The van der Waals surface area contributed by atoms with Crippen molar-refractivity contribution in [1.29, 1.82) is 0 Å². The van der Waals surface area contributed by atoms with Gasteiger partial charge in [-0.2, -0.15) is 0 Å². The fraction of sp³-hybridized carbons (Fsp3) is 0.500. The Morgan fingerprint density at radius 1 is 1.52 bits per heavy atom. The number of aliphatic hydroxyl groups is 1. The lowest BCUT2D eigenvalue weighted by Gasteiger charge is -2.39. The third kappa shape index (κ3) is 2.54. The van der Waals surface area contributed by atoms with E-state index in [2.05, 4.69) is 15.9 Å². The van der Waals surface area contributed by atoms with Crippen molar-refractivity contribution in [2.45, 2.75) is 25.5 Å². The lowest BCUT2D eigenvalue weighted by molar-refractivity contribution is -0.0696. The SMILES string of the molecule is Cc1c(Br)cc2c(c1Cl)OCN([C@H]1COCC[C@@H]1O)C2=O. The van der Waals surface area contributed by atoms with Gasteiger partial charge in [0.25, 0.3) is 5.91 Å². The summed E-state index contributed by atoms with van der Waals surface area (Å²) in [4.78, 5) is 14.2. The molecule has 1 amide bonds. The molecule has 0 aromatic heterocycles. The standard InChI is InChI=1S/C14H15BrClNO4/c1-7-9(15)4-8-13(12(7)16)21-6-17(14(8)19)10-5-20-3-2-11(10)18/h4,10-11,18H,2-3,5-6H2,1H3/t10-,11-/m0/s1. The molecule has 0 aliphatic carbocycles. The second kappa shape index (κ2) is 5.76. The van der Waals surface area contributed by atoms with Gasteiger partial charge in [0.15, 0.2) is 12.5 Å². The molecule has 1 saturated heterocycles. The number of carbonyl (C=O) groups is 1. The van der Waals surface area contributed by atoms with Crippen molar-refractivity contribution in [3.8, 4) is 5.75 Å². The molecular formula is C14H15BrClNO4. The van der Waals surface area contributed by atoms with E-state index < -0.39 is 12.1 Å². The minimum Gasteiger partial charge on any atom is -0.471 e. The van der Waals surface area contributed by atoms with E-state index >= 15 is 0 Å². The zero-order valence-corrected chi connectivity index (χ0v) is 13.8. The van der Waals surface area contributed by atoms with Crippen LogP contribution in [-0.4, -0.2) is 48.0 Å². The number of carbonyl (C=O) groups excluding carboxylic acids is 1. The molecule has 1 aromatic carbocycles. The Balaban J connectivity index is 1.95. The van der Waals surface area contributed by atoms with Gasteiger partial charge in [0.05, 0.1) is 29.3 Å². The highest BCUT2D eigenvalue weighted by molar-refractivity contribution is 9.10. The quantitative estimate of drug-likeness (QED) is 0.817. The minimum absolute atomic E-state index is 0.0672. The van der Waals surface area contributed by atoms with Gasteiger partial charge in [-0.3, -0.25) is 9.69 Å². The van der Waals surface area contributed by atoms with E-state index in [1.807, 2.05) is 6.92 Å². The van der Waals surface area contributed by atoms with Crippen molar-refractivity contribution in [2.24, 2.45) is 0 Å². The first-order valence-corrected chi connectivity index (χ1v) is 7.86. The maximum atomic E-state index is 12.7. The van der Waals surface area contributed by atoms with Gasteiger partial charge in [0.2, 0.25) is 0 Å². The molecule has 1 fully saturated rings. The highest BCUT2D eigenvalue weighted by Gasteiger charge is 2.38. The van der Waals surface area contributed by atoms with Crippen LogP contribution in [-0.2, 0) is 4.74 Å². The number of amides is 1. The summed E-state index contributed by atoms with van der Waals surface area (Å²) in [6.07, 6.45) is -0.0863. The Hall–Kier alpha value is -0.820. The van der Waals surface area contributed by atoms with Gasteiger partial charge < -0.3 is 14.6 Å². The van der Waals surface area contributed by atoms with Gasteiger partial charge in [-0.05, 0) is 25.0 Å². The molecule has 2 atom stereocenters. The number of halogens is 2. The second-order valence-corrected chi connectivity index (χ2v) is 6.45. The third-order valence-electron chi connectivity index (χ3n) is 3.93. The molecular weight excluding hydrogens is 362 g/mol. The van der Waals surface area contributed by atoms with E-state index in [9.17, 15) is 9.90 Å². The molecule has 5 nitrogen and oxygen atoms in total. The minimum atomic E-state index is -0.600. The summed E-state index contributed by atoms with van der Waals surface area (Å²) in [6.45, 7) is 2.74. The van der Waals surface area contributed by atoms with Crippen molar-refractivity contribution in [3.63, 3.8) is 0 Å². The number of hydrogen-bond acceptors (Lipinski definition) is 4. The molecule has 3 rings (SSSR count). The summed E-state index contributed by atoms with van der Waals surface area (Å²) in [6, 6.07) is 1.32. The molecule has 2 aliphatic rings. The van der Waals surface area contributed by atoms with Crippen LogP contribution >= 0.6 is 27.5 Å². The molecule has 114 valence electrons. The first-order valence-electron chi connectivity index (χ1n) is 6.69. The first kappa shape index (κ1) is 15.1. The monoisotopic (exact) mass is 375 g/mol. The van der Waals surface area contributed by atoms with Gasteiger partial charge in [-0.25, -0.2) is 0 Å². The zero-order chi connectivity index (χ0) is 15.1. The number of benzene rings is 1. The summed E-state index contributed by atoms with van der Waals surface area (Å²) in [5.74, 6) is 0.207. The number of aliphatic hydroxyl groups excluding tert-OH is 1. The molecule has 21 heavy (non-hydrogen) atoms. The van der Waals surface area contributed by atoms with Gasteiger partial charge in [-0.15, -0.1) is 0 Å². The Bertz CT molecular complexity index is 595. The summed E-state index contributed by atoms with van der Waals surface area (Å²) in [5.41, 5.74) is 1.24. The largest absolute Gasteiger partial charge is 0.471 e. The number of ether oxygens (including phenoxy) is 2. The van der Waals surface area contributed by atoms with Crippen LogP contribution in [0.5, 0.6) is 5.75 Å². The highest BCUT2D eigenvalue weighted by Crippen LogP contribution is 2.39. The van der Waals surface area contributed by atoms with E-state index in [4.69, 9.17) is 21.1 Å². The molecule has 2 aliphatic heterocycles. The normalized spacial score (nSPS) is 25.5. The van der Waals surface area contributed by atoms with Crippen molar-refractivity contribution in [3.05, 3.63) is 26.7 Å². The van der Waals surface area contributed by atoms with Crippen LogP contribution in [0, 0.1) is 6.92 Å². The highest BCUT2D eigenvalue weighted by atomic mass is 79.9. The van der Waals surface area contributed by atoms with Crippen LogP contribution in [0.3, 0.4) is 0 Å². The Labute approximate surface area is 135 Å². The van der Waals surface area contributed by atoms with Gasteiger partial charge in [-0.1, -0.05) is 27.5 Å². The molecule has 7 heteroatoms. The lowest BCUT2D eigenvalue weighted by atomic mass is 10.0. The predicted molar refractivity (Wildman–Crippen MR) is 80.8 cm³/mol. The number of rotatable bonds is 1. The zero-order valence-electron chi connectivity index (χ0n) is 11.4. The molecule has 0 unspecified atom stereocenters. The molecule has 1 aromatic rings. The molecule has 0 radical (unpaired) electrons. The van der Waals surface area contributed by atoms with Gasteiger partial charge in [0, 0.05) is 11.1 Å². The summed E-state index contributed by atoms with van der Waals surface area (Å²) < 4.78 is 11.8. The van der Waals surface area contributed by atoms with Crippen LogP contribution in [0.4, 0.5) is 0 Å². The van der Waals surface area contributed by atoms with Crippen LogP contribution in [0.2, 0.25) is 5.02 Å². The van der Waals surface area contributed by atoms with E-state index in [0.717, 1.165) is 10.0 Å². The second-order valence-electron chi connectivity index (χ2n) is 5.22. The number of hydrogen-bond donors (Lipinski definition) is 1. The average molecular weight is 377 g/mol.